The Labute approximate surface area is 424 Å². The van der Waals surface area contributed by atoms with Crippen LogP contribution in [0.4, 0.5) is 0 Å². The van der Waals surface area contributed by atoms with Crippen molar-refractivity contribution in [1.29, 1.82) is 0 Å². The minimum Gasteiger partial charge on any atom is -0.462 e. The normalized spacial score (nSPS) is 13.1. The zero-order valence-electron chi connectivity index (χ0n) is 44.3. The van der Waals surface area contributed by atoms with Gasteiger partial charge in [0, 0.05) is 19.3 Å². The third-order valence-corrected chi connectivity index (χ3v) is 11.2. The lowest BCUT2D eigenvalue weighted by Gasteiger charge is -2.18. The van der Waals surface area contributed by atoms with E-state index in [4.69, 9.17) is 14.2 Å². The zero-order valence-corrected chi connectivity index (χ0v) is 44.3. The van der Waals surface area contributed by atoms with Crippen LogP contribution in [0.2, 0.25) is 0 Å². The maximum atomic E-state index is 12.9. The van der Waals surface area contributed by atoms with Gasteiger partial charge >= 0.3 is 17.9 Å². The molecule has 0 spiro atoms. The summed E-state index contributed by atoms with van der Waals surface area (Å²) in [6, 6.07) is 0. The Morgan fingerprint density at radius 3 is 0.986 bits per heavy atom. The van der Waals surface area contributed by atoms with Crippen LogP contribution >= 0.6 is 0 Å². The lowest BCUT2D eigenvalue weighted by Crippen LogP contribution is -2.30. The summed E-state index contributed by atoms with van der Waals surface area (Å²) < 4.78 is 16.8. The van der Waals surface area contributed by atoms with Gasteiger partial charge in [0.1, 0.15) is 13.2 Å². The van der Waals surface area contributed by atoms with Crippen molar-refractivity contribution in [1.82, 2.24) is 0 Å². The van der Waals surface area contributed by atoms with Crippen molar-refractivity contribution in [3.8, 4) is 0 Å². The molecule has 0 radical (unpaired) electrons. The number of ether oxygens (including phenoxy) is 3. The molecule has 6 nitrogen and oxygen atoms in total. The summed E-state index contributed by atoms with van der Waals surface area (Å²) in [6.07, 6.45) is 78.7. The molecule has 0 bridgehead atoms. The Bertz CT molecular complexity index is 1510. The molecule has 0 saturated carbocycles. The molecule has 388 valence electrons. The molecule has 0 heterocycles. The Morgan fingerprint density at radius 1 is 0.304 bits per heavy atom. The summed E-state index contributed by atoms with van der Waals surface area (Å²) in [7, 11) is 0. The number of hydrogen-bond donors (Lipinski definition) is 0. The Kier molecular flexibility index (Phi) is 52.5. The van der Waals surface area contributed by atoms with Crippen LogP contribution in [0.15, 0.2) is 134 Å². The summed E-state index contributed by atoms with van der Waals surface area (Å²) in [6.45, 7) is 6.22. The monoisotopic (exact) mass is 953 g/mol. The van der Waals surface area contributed by atoms with Gasteiger partial charge in [0.05, 0.1) is 0 Å². The van der Waals surface area contributed by atoms with E-state index in [1.165, 1.54) is 38.5 Å². The van der Waals surface area contributed by atoms with E-state index in [9.17, 15) is 14.4 Å². The Morgan fingerprint density at radius 2 is 0.594 bits per heavy atom. The molecule has 0 N–H and O–H groups in total. The summed E-state index contributed by atoms with van der Waals surface area (Å²) in [5.74, 6) is -0.969. The number of hydrogen-bond acceptors (Lipinski definition) is 6. The van der Waals surface area contributed by atoms with Gasteiger partial charge in [-0.05, 0) is 116 Å². The minimum absolute atomic E-state index is 0.106. The quantitative estimate of drug-likeness (QED) is 0.0199. The summed E-state index contributed by atoms with van der Waals surface area (Å²) in [5, 5.41) is 0. The highest BCUT2D eigenvalue weighted by atomic mass is 16.6. The van der Waals surface area contributed by atoms with Gasteiger partial charge in [-0.15, -0.1) is 0 Å². The first-order valence-corrected chi connectivity index (χ1v) is 27.7. The highest BCUT2D eigenvalue weighted by molar-refractivity contribution is 5.71. The van der Waals surface area contributed by atoms with E-state index in [0.717, 1.165) is 148 Å². The van der Waals surface area contributed by atoms with Gasteiger partial charge in [-0.3, -0.25) is 14.4 Å². The first kappa shape index (κ1) is 64.5. The average Bonchev–Trinajstić information content (AvgIpc) is 3.35. The van der Waals surface area contributed by atoms with E-state index in [0.29, 0.717) is 19.3 Å². The molecule has 6 heteroatoms. The molecule has 0 saturated heterocycles. The van der Waals surface area contributed by atoms with E-state index in [-0.39, 0.29) is 31.1 Å². The molecular weight excluding hydrogens is 853 g/mol. The summed E-state index contributed by atoms with van der Waals surface area (Å²) in [4.78, 5) is 38.1. The van der Waals surface area contributed by atoms with E-state index >= 15 is 0 Å². The first-order chi connectivity index (χ1) is 34.0. The number of carbonyl (C=O) groups excluding carboxylic acids is 3. The molecule has 0 aromatic heterocycles. The fraction of sp³-hybridized carbons (Fsp3) is 0.603. The number of unbranched alkanes of at least 4 members (excludes halogenated alkanes) is 17. The smallest absolute Gasteiger partial charge is 0.306 e. The molecular formula is C63H100O6. The van der Waals surface area contributed by atoms with Crippen molar-refractivity contribution >= 4 is 17.9 Å². The Balaban J connectivity index is 4.48. The topological polar surface area (TPSA) is 78.9 Å². The third-order valence-electron chi connectivity index (χ3n) is 11.2. The average molecular weight is 953 g/mol. The lowest BCUT2D eigenvalue weighted by atomic mass is 10.1. The molecule has 0 aliphatic carbocycles. The number of esters is 3. The fourth-order valence-corrected chi connectivity index (χ4v) is 7.13. The second kappa shape index (κ2) is 56.1. The molecule has 0 amide bonds. The highest BCUT2D eigenvalue weighted by Gasteiger charge is 2.19. The van der Waals surface area contributed by atoms with Gasteiger partial charge < -0.3 is 14.2 Å². The predicted molar refractivity (Wildman–Crippen MR) is 297 cm³/mol. The van der Waals surface area contributed by atoms with Crippen LogP contribution in [-0.4, -0.2) is 37.2 Å². The van der Waals surface area contributed by atoms with Crippen LogP contribution in [0.1, 0.15) is 226 Å². The van der Waals surface area contributed by atoms with Gasteiger partial charge in [0.2, 0.25) is 0 Å². The second-order valence-corrected chi connectivity index (χ2v) is 17.8. The number of carbonyl (C=O) groups is 3. The van der Waals surface area contributed by atoms with E-state index < -0.39 is 6.10 Å². The van der Waals surface area contributed by atoms with E-state index in [1.807, 2.05) is 0 Å². The predicted octanol–water partition coefficient (Wildman–Crippen LogP) is 18.6. The van der Waals surface area contributed by atoms with Crippen LogP contribution in [-0.2, 0) is 28.6 Å². The highest BCUT2D eigenvalue weighted by Crippen LogP contribution is 2.14. The van der Waals surface area contributed by atoms with Crippen molar-refractivity contribution in [3.63, 3.8) is 0 Å². The molecule has 0 aromatic rings. The molecule has 0 aliphatic heterocycles. The standard InChI is InChI=1S/C63H100O6/c1-4-7-10-13-16-19-22-25-27-29-31-33-35-38-41-44-47-50-53-56-62(65)68-59-60(58-67-61(64)55-52-49-46-43-40-37-24-21-18-15-12-9-6-3)69-63(66)57-54-51-48-45-42-39-36-34-32-30-28-26-23-20-17-14-11-8-5-2/h7-12,15-21,24-28,31,33,38,41,60H,4-6,13-14,22-23,29-30,32,34-37,39-40,42-59H2,1-3H3/b10-7-,11-8-,12-9-,18-15-,19-16-,20-17-,24-21-,27-25-,28-26-,33-31-,41-38-. The summed E-state index contributed by atoms with van der Waals surface area (Å²) in [5.41, 5.74) is 0. The number of rotatable bonds is 48. The molecule has 0 aliphatic rings. The molecule has 0 aromatic carbocycles. The van der Waals surface area contributed by atoms with Crippen molar-refractivity contribution in [2.24, 2.45) is 0 Å². The lowest BCUT2D eigenvalue weighted by molar-refractivity contribution is -0.167. The van der Waals surface area contributed by atoms with E-state index in [1.54, 1.807) is 0 Å². The van der Waals surface area contributed by atoms with Gasteiger partial charge in [0.15, 0.2) is 6.10 Å². The minimum atomic E-state index is -0.809. The molecule has 0 rings (SSSR count). The van der Waals surface area contributed by atoms with Gasteiger partial charge in [-0.2, -0.15) is 0 Å². The van der Waals surface area contributed by atoms with E-state index in [2.05, 4.69) is 154 Å². The van der Waals surface area contributed by atoms with Crippen LogP contribution in [0.3, 0.4) is 0 Å². The maximum absolute atomic E-state index is 12.9. The molecule has 0 fully saturated rings. The van der Waals surface area contributed by atoms with Crippen LogP contribution in [0.25, 0.3) is 0 Å². The van der Waals surface area contributed by atoms with Crippen LogP contribution in [0, 0.1) is 0 Å². The molecule has 1 unspecified atom stereocenters. The fourth-order valence-electron chi connectivity index (χ4n) is 7.13. The van der Waals surface area contributed by atoms with Crippen molar-refractivity contribution < 1.29 is 28.6 Å². The van der Waals surface area contributed by atoms with Crippen LogP contribution in [0.5, 0.6) is 0 Å². The van der Waals surface area contributed by atoms with Gasteiger partial charge in [-0.1, -0.05) is 225 Å². The van der Waals surface area contributed by atoms with Crippen molar-refractivity contribution in [3.05, 3.63) is 134 Å². The van der Waals surface area contributed by atoms with Gasteiger partial charge in [0.25, 0.3) is 0 Å². The third kappa shape index (κ3) is 54.4. The van der Waals surface area contributed by atoms with Gasteiger partial charge in [-0.25, -0.2) is 0 Å². The second-order valence-electron chi connectivity index (χ2n) is 17.8. The van der Waals surface area contributed by atoms with Crippen molar-refractivity contribution in [2.45, 2.75) is 232 Å². The zero-order chi connectivity index (χ0) is 50.0. The summed E-state index contributed by atoms with van der Waals surface area (Å²) >= 11 is 0. The first-order valence-electron chi connectivity index (χ1n) is 27.7. The van der Waals surface area contributed by atoms with Crippen molar-refractivity contribution in [2.75, 3.05) is 13.2 Å². The number of allylic oxidation sites excluding steroid dienone is 22. The largest absolute Gasteiger partial charge is 0.462 e. The van der Waals surface area contributed by atoms with Crippen LogP contribution < -0.4 is 0 Å². The SMILES string of the molecule is CC\C=C/C=C\C=C/CCCCCCCC(=O)OCC(COC(=O)CCCCC/C=C\C/C=C\C/C=C\C/C=C\C/C=C\CC)OC(=O)CCCCCCCCCCC/C=C\C/C=C\C/C=C\CC. The molecule has 69 heavy (non-hydrogen) atoms. The Hall–Kier alpha value is -4.45. The molecule has 1 atom stereocenters. The maximum Gasteiger partial charge on any atom is 0.306 e.